The maximum Gasteiger partial charge on any atom is 0.238 e. The molecule has 1 aliphatic carbocycles. The second-order valence-corrected chi connectivity index (χ2v) is 8.90. The fraction of sp³-hybridized carbons (Fsp3) is 0.318. The van der Waals surface area contributed by atoms with Crippen LogP contribution in [0.3, 0.4) is 0 Å². The highest BCUT2D eigenvalue weighted by molar-refractivity contribution is 7.14. The molecule has 1 saturated carbocycles. The molecule has 0 unspecified atom stereocenters. The van der Waals surface area contributed by atoms with Gasteiger partial charge in [-0.25, -0.2) is 9.97 Å². The number of rotatable bonds is 4. The van der Waals surface area contributed by atoms with Gasteiger partial charge in [-0.2, -0.15) is 0 Å². The van der Waals surface area contributed by atoms with Crippen LogP contribution in [-0.2, 0) is 10.2 Å². The predicted octanol–water partition coefficient (Wildman–Crippen LogP) is 4.47. The molecule has 2 aliphatic rings. The third-order valence-electron chi connectivity index (χ3n) is 5.82. The monoisotopic (exact) mass is 390 g/mol. The molecule has 2 aromatic heterocycles. The zero-order valence-corrected chi connectivity index (χ0v) is 16.7. The van der Waals surface area contributed by atoms with Crippen molar-refractivity contribution in [1.82, 2.24) is 9.97 Å². The van der Waals surface area contributed by atoms with E-state index in [0.717, 1.165) is 40.6 Å². The van der Waals surface area contributed by atoms with Gasteiger partial charge >= 0.3 is 0 Å². The van der Waals surface area contributed by atoms with Crippen LogP contribution in [0.25, 0.3) is 11.3 Å². The number of pyridine rings is 1. The average molecular weight is 391 g/mol. The van der Waals surface area contributed by atoms with Crippen LogP contribution in [-0.4, -0.2) is 28.0 Å². The van der Waals surface area contributed by atoms with E-state index in [9.17, 15) is 4.79 Å². The van der Waals surface area contributed by atoms with Gasteiger partial charge in [-0.15, -0.1) is 11.3 Å². The van der Waals surface area contributed by atoms with Crippen molar-refractivity contribution in [2.45, 2.75) is 44.2 Å². The zero-order chi connectivity index (χ0) is 19.3. The number of nitrogens with zero attached hydrogens (tertiary/aromatic N) is 3. The van der Waals surface area contributed by atoms with Gasteiger partial charge in [0.1, 0.15) is 5.82 Å². The quantitative estimate of drug-likeness (QED) is 0.714. The van der Waals surface area contributed by atoms with Crippen molar-refractivity contribution in [2.75, 3.05) is 10.2 Å². The number of nitrogens with one attached hydrogen (secondary N) is 1. The fourth-order valence-electron chi connectivity index (χ4n) is 4.10. The molecule has 1 N–H and O–H groups in total. The van der Waals surface area contributed by atoms with Crippen LogP contribution in [0.5, 0.6) is 0 Å². The minimum Gasteiger partial charge on any atom is -0.359 e. The van der Waals surface area contributed by atoms with Crippen LogP contribution >= 0.6 is 11.3 Å². The first kappa shape index (κ1) is 17.4. The summed E-state index contributed by atoms with van der Waals surface area (Å²) < 4.78 is 0. The molecule has 28 heavy (non-hydrogen) atoms. The van der Waals surface area contributed by atoms with E-state index in [1.54, 1.807) is 17.5 Å². The molecule has 0 bridgehead atoms. The Kier molecular flexibility index (Phi) is 3.98. The van der Waals surface area contributed by atoms with Crippen LogP contribution < -0.4 is 10.2 Å². The molecule has 3 heterocycles. The minimum absolute atomic E-state index is 0.158. The highest BCUT2D eigenvalue weighted by atomic mass is 32.1. The third kappa shape index (κ3) is 2.71. The van der Waals surface area contributed by atoms with Gasteiger partial charge in [0.2, 0.25) is 5.91 Å². The highest BCUT2D eigenvalue weighted by Gasteiger charge is 2.50. The first-order valence-corrected chi connectivity index (χ1v) is 10.5. The van der Waals surface area contributed by atoms with E-state index >= 15 is 0 Å². The number of benzene rings is 1. The maximum atomic E-state index is 13.0. The Balaban J connectivity index is 1.26. The van der Waals surface area contributed by atoms with Crippen LogP contribution in [0.15, 0.2) is 54.0 Å². The molecular weight excluding hydrogens is 368 g/mol. The topological polar surface area (TPSA) is 58.1 Å². The van der Waals surface area contributed by atoms with Crippen LogP contribution in [0.4, 0.5) is 10.9 Å². The zero-order valence-electron chi connectivity index (χ0n) is 15.9. The Labute approximate surface area is 168 Å². The summed E-state index contributed by atoms with van der Waals surface area (Å²) in [5.74, 6) is 0.992. The van der Waals surface area contributed by atoms with E-state index in [4.69, 9.17) is 4.98 Å². The number of carbonyl (C=O) groups excluding carboxylic acids is 1. The van der Waals surface area contributed by atoms with Crippen LogP contribution in [0.1, 0.15) is 32.3 Å². The van der Waals surface area contributed by atoms with Gasteiger partial charge in [0.15, 0.2) is 5.13 Å². The molecule has 0 saturated heterocycles. The molecular formula is C22H22N4OS. The second kappa shape index (κ2) is 6.41. The lowest BCUT2D eigenvalue weighted by Gasteiger charge is -2.41. The lowest BCUT2D eigenvalue weighted by Crippen LogP contribution is -2.53. The summed E-state index contributed by atoms with van der Waals surface area (Å²) in [6.07, 6.45) is 3.60. The smallest absolute Gasteiger partial charge is 0.238 e. The number of hydrogen-bond donors (Lipinski definition) is 1. The molecule has 0 radical (unpaired) electrons. The molecule has 1 fully saturated rings. The summed E-state index contributed by atoms with van der Waals surface area (Å²) in [6.45, 7) is 3.98. The summed E-state index contributed by atoms with van der Waals surface area (Å²) >= 11 is 1.63. The van der Waals surface area contributed by atoms with E-state index in [1.807, 2.05) is 49.1 Å². The van der Waals surface area contributed by atoms with Crippen molar-refractivity contribution < 1.29 is 4.79 Å². The van der Waals surface area contributed by atoms with Crippen molar-refractivity contribution in [2.24, 2.45) is 0 Å². The molecule has 1 aliphatic heterocycles. The minimum atomic E-state index is -0.498. The summed E-state index contributed by atoms with van der Waals surface area (Å²) in [5.41, 5.74) is 2.66. The molecule has 6 heteroatoms. The van der Waals surface area contributed by atoms with Gasteiger partial charge in [-0.1, -0.05) is 36.4 Å². The number of carbonyl (C=O) groups is 1. The average Bonchev–Trinajstić information content (AvgIpc) is 3.22. The first-order chi connectivity index (χ1) is 13.5. The molecule has 5 nitrogen and oxygen atoms in total. The summed E-state index contributed by atoms with van der Waals surface area (Å²) in [4.78, 5) is 24.1. The van der Waals surface area contributed by atoms with Crippen molar-refractivity contribution in [3.8, 4) is 11.3 Å². The SMILES string of the molecule is CC1(C)C(=O)N([C@H]2C[C@H](Nc3nc(-c4ccccc4)cs3)C2)c2ncccc21. The number of anilines is 2. The van der Waals surface area contributed by atoms with Crippen LogP contribution in [0.2, 0.25) is 0 Å². The normalized spacial score (nSPS) is 22.6. The molecule has 3 aromatic rings. The molecule has 1 aromatic carbocycles. The first-order valence-electron chi connectivity index (χ1n) is 9.60. The molecule has 142 valence electrons. The predicted molar refractivity (Wildman–Crippen MR) is 113 cm³/mol. The molecule has 5 rings (SSSR count). The lowest BCUT2D eigenvalue weighted by molar-refractivity contribution is -0.122. The molecule has 0 spiro atoms. The van der Waals surface area contributed by atoms with E-state index in [1.165, 1.54) is 0 Å². The number of hydrogen-bond acceptors (Lipinski definition) is 5. The van der Waals surface area contributed by atoms with Crippen molar-refractivity contribution in [3.63, 3.8) is 0 Å². The van der Waals surface area contributed by atoms with Gasteiger partial charge < -0.3 is 5.32 Å². The lowest BCUT2D eigenvalue weighted by atomic mass is 9.84. The van der Waals surface area contributed by atoms with Gasteiger partial charge in [0.05, 0.1) is 11.1 Å². The van der Waals surface area contributed by atoms with Crippen molar-refractivity contribution in [1.29, 1.82) is 0 Å². The van der Waals surface area contributed by atoms with Gasteiger partial charge in [-0.05, 0) is 32.8 Å². The fourth-order valence-corrected chi connectivity index (χ4v) is 4.90. The van der Waals surface area contributed by atoms with Gasteiger partial charge in [-0.3, -0.25) is 9.69 Å². The number of thiazole rings is 1. The number of amides is 1. The van der Waals surface area contributed by atoms with Crippen LogP contribution in [0, 0.1) is 0 Å². The Morgan fingerprint density at radius 3 is 2.71 bits per heavy atom. The Morgan fingerprint density at radius 2 is 1.93 bits per heavy atom. The third-order valence-corrected chi connectivity index (χ3v) is 6.59. The largest absolute Gasteiger partial charge is 0.359 e. The molecule has 1 amide bonds. The Hall–Kier alpha value is -2.73. The maximum absolute atomic E-state index is 13.0. The Bertz CT molecular complexity index is 1020. The van der Waals surface area contributed by atoms with Gasteiger partial charge in [0, 0.05) is 34.8 Å². The van der Waals surface area contributed by atoms with Gasteiger partial charge in [0.25, 0.3) is 0 Å². The summed E-state index contributed by atoms with van der Waals surface area (Å²) in [7, 11) is 0. The number of aromatic nitrogens is 2. The second-order valence-electron chi connectivity index (χ2n) is 8.05. The van der Waals surface area contributed by atoms with E-state index in [2.05, 4.69) is 27.8 Å². The Morgan fingerprint density at radius 1 is 1.14 bits per heavy atom. The van der Waals surface area contributed by atoms with E-state index < -0.39 is 5.41 Å². The summed E-state index contributed by atoms with van der Waals surface area (Å²) in [5, 5.41) is 6.55. The molecule has 0 atom stereocenters. The van der Waals surface area contributed by atoms with E-state index in [-0.39, 0.29) is 11.9 Å². The van der Waals surface area contributed by atoms with Crippen molar-refractivity contribution >= 4 is 28.2 Å². The van der Waals surface area contributed by atoms with E-state index in [0.29, 0.717) is 6.04 Å². The number of fused-ring (bicyclic) bond motifs is 1. The standard InChI is InChI=1S/C22H22N4OS/c1-22(2)17-9-6-10-23-19(17)26(20(22)27)16-11-15(12-16)24-21-25-18(13-28-21)14-7-4-3-5-8-14/h3-10,13,15-16H,11-12H2,1-2H3,(H,24,25)/t15-,16-. The highest BCUT2D eigenvalue weighted by Crippen LogP contribution is 2.44. The van der Waals surface area contributed by atoms with Crippen molar-refractivity contribution in [3.05, 3.63) is 59.6 Å². The summed E-state index contributed by atoms with van der Waals surface area (Å²) in [6, 6.07) is 14.7.